The Morgan fingerprint density at radius 3 is 2.62 bits per heavy atom. The number of sulfonamides is 1. The van der Waals surface area contributed by atoms with E-state index in [1.165, 1.54) is 47.4 Å². The number of rotatable bonds is 5. The summed E-state index contributed by atoms with van der Waals surface area (Å²) < 4.78 is 67.8. The van der Waals surface area contributed by atoms with Gasteiger partial charge in [0.05, 0.1) is 26.4 Å². The molecular formula is C16H13F3N2O2S3. The number of thioether (sulfide) groups is 1. The Kier molecular flexibility index (Phi) is 5.18. The number of anilines is 1. The van der Waals surface area contributed by atoms with Crippen molar-refractivity contribution in [3.05, 3.63) is 48.0 Å². The summed E-state index contributed by atoms with van der Waals surface area (Å²) in [6.45, 7) is 1.98. The molecule has 1 aromatic heterocycles. The van der Waals surface area contributed by atoms with Crippen molar-refractivity contribution >= 4 is 49.0 Å². The first-order valence-electron chi connectivity index (χ1n) is 7.43. The fraction of sp³-hybridized carbons (Fsp3) is 0.188. The highest BCUT2D eigenvalue weighted by Crippen LogP contribution is 2.36. The number of hydrogen-bond acceptors (Lipinski definition) is 5. The number of aromatic nitrogens is 1. The van der Waals surface area contributed by atoms with Crippen LogP contribution >= 0.6 is 23.1 Å². The minimum Gasteiger partial charge on any atom is -0.279 e. The Morgan fingerprint density at radius 1 is 1.19 bits per heavy atom. The molecule has 0 unspecified atom stereocenters. The van der Waals surface area contributed by atoms with Crippen LogP contribution in [0.2, 0.25) is 0 Å². The van der Waals surface area contributed by atoms with Gasteiger partial charge in [-0.15, -0.1) is 11.3 Å². The maximum absolute atomic E-state index is 13.1. The summed E-state index contributed by atoms with van der Waals surface area (Å²) in [7, 11) is -4.17. The molecule has 3 aromatic rings. The zero-order chi connectivity index (χ0) is 18.9. The van der Waals surface area contributed by atoms with E-state index in [2.05, 4.69) is 4.98 Å². The van der Waals surface area contributed by atoms with Gasteiger partial charge in [0.2, 0.25) is 0 Å². The molecule has 3 rings (SSSR count). The monoisotopic (exact) mass is 418 g/mol. The van der Waals surface area contributed by atoms with E-state index in [4.69, 9.17) is 0 Å². The van der Waals surface area contributed by atoms with E-state index in [1.807, 2.05) is 11.6 Å². The van der Waals surface area contributed by atoms with Crippen molar-refractivity contribution < 1.29 is 21.6 Å². The quantitative estimate of drug-likeness (QED) is 0.577. The molecule has 0 amide bonds. The van der Waals surface area contributed by atoms with Gasteiger partial charge in [0, 0.05) is 0 Å². The predicted octanol–water partition coefficient (Wildman–Crippen LogP) is 5.23. The summed E-state index contributed by atoms with van der Waals surface area (Å²) in [5, 5.41) is 0. The highest BCUT2D eigenvalue weighted by molar-refractivity contribution is 8.01. The number of benzene rings is 2. The maximum Gasteiger partial charge on any atom is 0.418 e. The first-order chi connectivity index (χ1) is 12.2. The third-order valence-electron chi connectivity index (χ3n) is 3.40. The van der Waals surface area contributed by atoms with Crippen molar-refractivity contribution in [1.29, 1.82) is 0 Å². The van der Waals surface area contributed by atoms with Crippen LogP contribution in [0.3, 0.4) is 0 Å². The van der Waals surface area contributed by atoms with E-state index in [0.717, 1.165) is 22.2 Å². The molecule has 1 N–H and O–H groups in total. The second kappa shape index (κ2) is 7.09. The number of alkyl halides is 3. The Morgan fingerprint density at radius 2 is 1.92 bits per heavy atom. The van der Waals surface area contributed by atoms with Crippen LogP contribution in [0.15, 0.2) is 51.7 Å². The van der Waals surface area contributed by atoms with E-state index < -0.39 is 27.5 Å². The molecule has 0 atom stereocenters. The van der Waals surface area contributed by atoms with E-state index in [9.17, 15) is 21.6 Å². The summed E-state index contributed by atoms with van der Waals surface area (Å²) in [4.78, 5) is 4.26. The van der Waals surface area contributed by atoms with Gasteiger partial charge in [-0.05, 0) is 36.1 Å². The van der Waals surface area contributed by atoms with Crippen molar-refractivity contribution in [2.24, 2.45) is 0 Å². The standard InChI is InChI=1S/C16H13F3N2O2S3/c1-2-24-15-20-13-8-7-10(9-14(13)25-15)26(22,23)21-12-6-4-3-5-11(12)16(17,18)19/h3-9,21H,2H2,1H3. The van der Waals surface area contributed by atoms with Crippen LogP contribution < -0.4 is 4.72 Å². The van der Waals surface area contributed by atoms with Crippen molar-refractivity contribution in [2.45, 2.75) is 22.3 Å². The molecule has 0 saturated heterocycles. The smallest absolute Gasteiger partial charge is 0.279 e. The van der Waals surface area contributed by atoms with E-state index >= 15 is 0 Å². The summed E-state index contributed by atoms with van der Waals surface area (Å²) in [6, 6.07) is 8.77. The molecule has 2 aromatic carbocycles. The van der Waals surface area contributed by atoms with Gasteiger partial charge in [0.1, 0.15) is 0 Å². The zero-order valence-corrected chi connectivity index (χ0v) is 15.8. The number of nitrogens with zero attached hydrogens (tertiary/aromatic N) is 1. The largest absolute Gasteiger partial charge is 0.418 e. The minimum absolute atomic E-state index is 0.112. The van der Waals surface area contributed by atoms with Crippen LogP contribution in [-0.4, -0.2) is 19.2 Å². The Balaban J connectivity index is 1.97. The lowest BCUT2D eigenvalue weighted by Gasteiger charge is -2.14. The lowest BCUT2D eigenvalue weighted by molar-refractivity contribution is -0.136. The van der Waals surface area contributed by atoms with Crippen LogP contribution in [0, 0.1) is 0 Å². The zero-order valence-electron chi connectivity index (χ0n) is 13.4. The number of hydrogen-bond donors (Lipinski definition) is 1. The molecule has 26 heavy (non-hydrogen) atoms. The number of nitrogens with one attached hydrogen (secondary N) is 1. The third kappa shape index (κ3) is 3.97. The SMILES string of the molecule is CCSc1nc2ccc(S(=O)(=O)Nc3ccccc3C(F)(F)F)cc2s1. The first kappa shape index (κ1) is 19.0. The van der Waals surface area contributed by atoms with Crippen LogP contribution in [0.4, 0.5) is 18.9 Å². The van der Waals surface area contributed by atoms with E-state index in [0.29, 0.717) is 10.2 Å². The van der Waals surface area contributed by atoms with Gasteiger partial charge in [0.25, 0.3) is 10.0 Å². The van der Waals surface area contributed by atoms with Crippen molar-refractivity contribution in [3.63, 3.8) is 0 Å². The molecule has 0 aliphatic rings. The lowest BCUT2D eigenvalue weighted by atomic mass is 10.2. The third-order valence-corrected chi connectivity index (χ3v) is 6.80. The lowest BCUT2D eigenvalue weighted by Crippen LogP contribution is -2.17. The molecule has 10 heteroatoms. The van der Waals surface area contributed by atoms with Gasteiger partial charge in [-0.25, -0.2) is 13.4 Å². The van der Waals surface area contributed by atoms with Crippen LogP contribution in [-0.2, 0) is 16.2 Å². The van der Waals surface area contributed by atoms with Crippen molar-refractivity contribution in [1.82, 2.24) is 4.98 Å². The molecule has 0 fully saturated rings. The molecule has 0 radical (unpaired) electrons. The number of thiazole rings is 1. The predicted molar refractivity (Wildman–Crippen MR) is 98.3 cm³/mol. The number of halogens is 3. The topological polar surface area (TPSA) is 59.1 Å². The Hall–Kier alpha value is -1.78. The molecule has 4 nitrogen and oxygen atoms in total. The van der Waals surface area contributed by atoms with Gasteiger partial charge in [0.15, 0.2) is 4.34 Å². The van der Waals surface area contributed by atoms with E-state index in [1.54, 1.807) is 6.07 Å². The molecule has 0 aliphatic heterocycles. The highest BCUT2D eigenvalue weighted by atomic mass is 32.2. The summed E-state index contributed by atoms with van der Waals surface area (Å²) >= 11 is 2.88. The second-order valence-electron chi connectivity index (χ2n) is 5.19. The van der Waals surface area contributed by atoms with E-state index in [-0.39, 0.29) is 4.90 Å². The molecule has 0 saturated carbocycles. The molecule has 0 aliphatic carbocycles. The number of fused-ring (bicyclic) bond motifs is 1. The minimum atomic E-state index is -4.66. The first-order valence-corrected chi connectivity index (χ1v) is 10.7. The van der Waals surface area contributed by atoms with Gasteiger partial charge in [-0.1, -0.05) is 30.8 Å². The summed E-state index contributed by atoms with van der Waals surface area (Å²) in [6.07, 6.45) is -4.66. The van der Waals surface area contributed by atoms with Crippen molar-refractivity contribution in [2.75, 3.05) is 10.5 Å². The maximum atomic E-state index is 13.1. The number of para-hydroxylation sites is 1. The van der Waals surface area contributed by atoms with Crippen LogP contribution in [0.5, 0.6) is 0 Å². The highest BCUT2D eigenvalue weighted by Gasteiger charge is 2.34. The summed E-state index contributed by atoms with van der Waals surface area (Å²) in [5.74, 6) is 0.834. The van der Waals surface area contributed by atoms with Gasteiger partial charge < -0.3 is 0 Å². The summed E-state index contributed by atoms with van der Waals surface area (Å²) in [5.41, 5.74) is -0.892. The second-order valence-corrected chi connectivity index (χ2v) is 9.42. The molecular weight excluding hydrogens is 405 g/mol. The van der Waals surface area contributed by atoms with Gasteiger partial charge >= 0.3 is 6.18 Å². The van der Waals surface area contributed by atoms with Crippen molar-refractivity contribution in [3.8, 4) is 0 Å². The fourth-order valence-corrected chi connectivity index (χ4v) is 5.44. The fourth-order valence-electron chi connectivity index (χ4n) is 2.26. The average Bonchev–Trinajstić information content (AvgIpc) is 2.96. The molecule has 1 heterocycles. The normalized spacial score (nSPS) is 12.5. The molecule has 0 bridgehead atoms. The van der Waals surface area contributed by atoms with Gasteiger partial charge in [-0.3, -0.25) is 4.72 Å². The van der Waals surface area contributed by atoms with Crippen LogP contribution in [0.1, 0.15) is 12.5 Å². The molecule has 138 valence electrons. The Labute approximate surface area is 156 Å². The van der Waals surface area contributed by atoms with Gasteiger partial charge in [-0.2, -0.15) is 13.2 Å². The van der Waals surface area contributed by atoms with Crippen LogP contribution in [0.25, 0.3) is 10.2 Å². The Bertz CT molecular complexity index is 1050. The molecule has 0 spiro atoms. The average molecular weight is 418 g/mol.